The van der Waals surface area contributed by atoms with Crippen LogP contribution in [0.5, 0.6) is 5.75 Å². The third-order valence-electron chi connectivity index (χ3n) is 4.44. The number of methoxy groups -OCH3 is 1. The summed E-state index contributed by atoms with van der Waals surface area (Å²) < 4.78 is 5.15. The molecule has 1 N–H and O–H groups in total. The summed E-state index contributed by atoms with van der Waals surface area (Å²) >= 11 is 1.65. The third kappa shape index (κ3) is 3.22. The Labute approximate surface area is 151 Å². The quantitative estimate of drug-likeness (QED) is 0.659. The summed E-state index contributed by atoms with van der Waals surface area (Å²) in [5, 5.41) is 2.82. The first-order chi connectivity index (χ1) is 12.0. The van der Waals surface area contributed by atoms with Crippen LogP contribution in [0.15, 0.2) is 53.4 Å². The lowest BCUT2D eigenvalue weighted by atomic mass is 9.92. The third-order valence-corrected chi connectivity index (χ3v) is 5.19. The molecule has 0 bridgehead atoms. The summed E-state index contributed by atoms with van der Waals surface area (Å²) in [4.78, 5) is 27.7. The number of hydrogen-bond acceptors (Lipinski definition) is 4. The van der Waals surface area contributed by atoms with E-state index >= 15 is 0 Å². The number of amides is 3. The van der Waals surface area contributed by atoms with Crippen LogP contribution in [0.25, 0.3) is 0 Å². The molecule has 130 valence electrons. The fourth-order valence-corrected chi connectivity index (χ4v) is 3.28. The average molecular weight is 356 g/mol. The number of imide groups is 1. The van der Waals surface area contributed by atoms with Crippen molar-refractivity contribution in [1.82, 2.24) is 10.2 Å². The van der Waals surface area contributed by atoms with Gasteiger partial charge in [0.15, 0.2) is 0 Å². The van der Waals surface area contributed by atoms with Crippen molar-refractivity contribution in [3.63, 3.8) is 0 Å². The fourth-order valence-electron chi connectivity index (χ4n) is 2.87. The minimum atomic E-state index is -1.07. The van der Waals surface area contributed by atoms with Crippen LogP contribution in [0.1, 0.15) is 18.1 Å². The summed E-state index contributed by atoms with van der Waals surface area (Å²) in [6, 6.07) is 14.6. The number of urea groups is 1. The maximum atomic E-state index is 12.9. The van der Waals surface area contributed by atoms with Crippen molar-refractivity contribution in [3.05, 3.63) is 59.7 Å². The van der Waals surface area contributed by atoms with E-state index in [-0.39, 0.29) is 18.5 Å². The van der Waals surface area contributed by atoms with Crippen molar-refractivity contribution < 1.29 is 14.3 Å². The van der Waals surface area contributed by atoms with Crippen molar-refractivity contribution in [3.8, 4) is 5.75 Å². The first kappa shape index (κ1) is 17.4. The van der Waals surface area contributed by atoms with Gasteiger partial charge in [-0.05, 0) is 48.6 Å². The minimum Gasteiger partial charge on any atom is -0.497 e. The summed E-state index contributed by atoms with van der Waals surface area (Å²) in [5.74, 6) is 0.450. The molecule has 0 spiro atoms. The molecule has 1 aliphatic rings. The molecule has 0 aliphatic carbocycles. The van der Waals surface area contributed by atoms with E-state index in [0.717, 1.165) is 16.0 Å². The molecule has 1 fully saturated rings. The normalized spacial score (nSPS) is 19.9. The summed E-state index contributed by atoms with van der Waals surface area (Å²) in [5.41, 5.74) is 0.579. The van der Waals surface area contributed by atoms with Gasteiger partial charge in [0.25, 0.3) is 5.91 Å². The number of carbonyl (C=O) groups excluding carboxylic acids is 2. The first-order valence-corrected chi connectivity index (χ1v) is 9.12. The van der Waals surface area contributed by atoms with Gasteiger partial charge in [-0.3, -0.25) is 9.69 Å². The van der Waals surface area contributed by atoms with Crippen molar-refractivity contribution in [2.24, 2.45) is 0 Å². The second-order valence-corrected chi connectivity index (χ2v) is 6.90. The van der Waals surface area contributed by atoms with E-state index in [1.54, 1.807) is 50.1 Å². The maximum absolute atomic E-state index is 12.9. The number of nitrogens with zero attached hydrogens (tertiary/aromatic N) is 1. The molecule has 1 unspecified atom stereocenters. The van der Waals surface area contributed by atoms with E-state index < -0.39 is 5.54 Å². The minimum absolute atomic E-state index is 0.253. The van der Waals surface area contributed by atoms with E-state index in [1.807, 2.05) is 30.5 Å². The van der Waals surface area contributed by atoms with Gasteiger partial charge in [0, 0.05) is 4.90 Å². The van der Waals surface area contributed by atoms with Crippen molar-refractivity contribution in [2.75, 3.05) is 13.4 Å². The topological polar surface area (TPSA) is 58.6 Å². The van der Waals surface area contributed by atoms with E-state index in [2.05, 4.69) is 5.32 Å². The summed E-state index contributed by atoms with van der Waals surface area (Å²) in [6.07, 6.45) is 2.01. The summed E-state index contributed by atoms with van der Waals surface area (Å²) in [6.45, 7) is 1.98. The molecular formula is C19H20N2O3S. The van der Waals surface area contributed by atoms with Gasteiger partial charge in [0.2, 0.25) is 0 Å². The Morgan fingerprint density at radius 1 is 1.08 bits per heavy atom. The van der Waals surface area contributed by atoms with Crippen LogP contribution in [-0.2, 0) is 16.9 Å². The number of rotatable bonds is 5. The van der Waals surface area contributed by atoms with Gasteiger partial charge in [0.05, 0.1) is 13.7 Å². The number of carbonyl (C=O) groups is 2. The lowest BCUT2D eigenvalue weighted by molar-refractivity contribution is -0.131. The Balaban J connectivity index is 1.82. The molecule has 3 rings (SSSR count). The average Bonchev–Trinajstić information content (AvgIpc) is 2.86. The highest BCUT2D eigenvalue weighted by molar-refractivity contribution is 7.98. The van der Waals surface area contributed by atoms with Crippen LogP contribution in [-0.4, -0.2) is 30.2 Å². The lowest BCUT2D eigenvalue weighted by Crippen LogP contribution is -2.40. The van der Waals surface area contributed by atoms with Gasteiger partial charge in [0.1, 0.15) is 11.3 Å². The largest absolute Gasteiger partial charge is 0.497 e. The zero-order valence-electron chi connectivity index (χ0n) is 14.4. The zero-order chi connectivity index (χ0) is 18.0. The predicted octanol–water partition coefficient (Wildman–Crippen LogP) is 3.38. The second kappa shape index (κ2) is 6.80. The van der Waals surface area contributed by atoms with Gasteiger partial charge in [-0.1, -0.05) is 24.3 Å². The Morgan fingerprint density at radius 2 is 1.72 bits per heavy atom. The number of benzene rings is 2. The molecular weight excluding hydrogens is 336 g/mol. The predicted molar refractivity (Wildman–Crippen MR) is 97.7 cm³/mol. The summed E-state index contributed by atoms with van der Waals surface area (Å²) in [7, 11) is 1.59. The van der Waals surface area contributed by atoms with E-state index in [4.69, 9.17) is 4.74 Å². The fraction of sp³-hybridized carbons (Fsp3) is 0.263. The van der Waals surface area contributed by atoms with Crippen molar-refractivity contribution >= 4 is 23.7 Å². The molecule has 1 heterocycles. The molecule has 2 aromatic carbocycles. The van der Waals surface area contributed by atoms with Gasteiger partial charge < -0.3 is 10.1 Å². The van der Waals surface area contributed by atoms with Crippen LogP contribution in [0.3, 0.4) is 0 Å². The first-order valence-electron chi connectivity index (χ1n) is 7.89. The molecule has 1 aliphatic heterocycles. The highest BCUT2D eigenvalue weighted by Crippen LogP contribution is 2.31. The molecule has 0 aromatic heterocycles. The van der Waals surface area contributed by atoms with Crippen LogP contribution in [0.2, 0.25) is 0 Å². The molecule has 2 aromatic rings. The number of ether oxygens (including phenoxy) is 1. The molecule has 6 heteroatoms. The Bertz CT molecular complexity index is 789. The van der Waals surface area contributed by atoms with Gasteiger partial charge in [-0.2, -0.15) is 0 Å². The Morgan fingerprint density at radius 3 is 2.28 bits per heavy atom. The van der Waals surface area contributed by atoms with E-state index in [1.165, 1.54) is 4.90 Å². The van der Waals surface area contributed by atoms with E-state index in [0.29, 0.717) is 5.75 Å². The van der Waals surface area contributed by atoms with Crippen LogP contribution in [0.4, 0.5) is 4.79 Å². The van der Waals surface area contributed by atoms with Crippen molar-refractivity contribution in [2.45, 2.75) is 23.9 Å². The van der Waals surface area contributed by atoms with Gasteiger partial charge in [-0.25, -0.2) is 4.79 Å². The van der Waals surface area contributed by atoms with E-state index in [9.17, 15) is 9.59 Å². The maximum Gasteiger partial charge on any atom is 0.325 e. The Hall–Kier alpha value is -2.47. The van der Waals surface area contributed by atoms with Gasteiger partial charge in [-0.15, -0.1) is 11.8 Å². The lowest BCUT2D eigenvalue weighted by Gasteiger charge is -2.22. The molecule has 1 saturated heterocycles. The molecule has 0 saturated carbocycles. The smallest absolute Gasteiger partial charge is 0.325 e. The zero-order valence-corrected chi connectivity index (χ0v) is 15.2. The monoisotopic (exact) mass is 356 g/mol. The highest BCUT2D eigenvalue weighted by atomic mass is 32.2. The number of hydrogen-bond donors (Lipinski definition) is 1. The molecule has 3 amide bonds. The standard InChI is InChI=1S/C19H20N2O3S/c1-19(14-6-8-15(24-2)9-7-14)17(22)21(18(23)20-19)12-13-4-10-16(25-3)11-5-13/h4-11H,12H2,1-3H3,(H,20,23). The van der Waals surface area contributed by atoms with Crippen LogP contribution in [0, 0.1) is 0 Å². The van der Waals surface area contributed by atoms with Crippen LogP contribution >= 0.6 is 11.8 Å². The molecule has 1 atom stereocenters. The van der Waals surface area contributed by atoms with Gasteiger partial charge >= 0.3 is 6.03 Å². The van der Waals surface area contributed by atoms with Crippen molar-refractivity contribution in [1.29, 1.82) is 0 Å². The molecule has 25 heavy (non-hydrogen) atoms. The number of nitrogens with one attached hydrogen (secondary N) is 1. The van der Waals surface area contributed by atoms with Crippen LogP contribution < -0.4 is 10.1 Å². The second-order valence-electron chi connectivity index (χ2n) is 6.02. The Kier molecular flexibility index (Phi) is 4.72. The molecule has 0 radical (unpaired) electrons. The molecule has 5 nitrogen and oxygen atoms in total. The SMILES string of the molecule is COc1ccc(C2(C)NC(=O)N(Cc3ccc(SC)cc3)C2=O)cc1. The highest BCUT2D eigenvalue weighted by Gasteiger charge is 2.48. The number of thioether (sulfide) groups is 1.